The van der Waals surface area contributed by atoms with E-state index in [1.807, 2.05) is 0 Å². The first-order chi connectivity index (χ1) is 9.35. The van der Waals surface area contributed by atoms with Crippen molar-refractivity contribution in [3.8, 4) is 5.75 Å². The second-order valence-electron chi connectivity index (χ2n) is 5.16. The van der Waals surface area contributed by atoms with Crippen molar-refractivity contribution in [2.75, 3.05) is 19.8 Å². The summed E-state index contributed by atoms with van der Waals surface area (Å²) in [5.41, 5.74) is 2.71. The van der Waals surface area contributed by atoms with Gasteiger partial charge in [0, 0.05) is 19.1 Å². The fourth-order valence-electron chi connectivity index (χ4n) is 2.61. The predicted octanol–water partition coefficient (Wildman–Crippen LogP) is 2.82. The molecule has 3 nitrogen and oxygen atoms in total. The average Bonchev–Trinajstić information content (AvgIpc) is 2.90. The Hall–Kier alpha value is -1.06. The predicted molar refractivity (Wildman–Crippen MR) is 77.6 cm³/mol. The van der Waals surface area contributed by atoms with E-state index in [1.165, 1.54) is 11.1 Å². The molecule has 2 rings (SSSR count). The molecule has 0 aliphatic carbocycles. The van der Waals surface area contributed by atoms with Gasteiger partial charge in [0.05, 0.1) is 6.61 Å². The molecule has 1 heterocycles. The van der Waals surface area contributed by atoms with E-state index >= 15 is 0 Å². The van der Waals surface area contributed by atoms with Gasteiger partial charge in [-0.05, 0) is 49.4 Å². The zero-order chi connectivity index (χ0) is 13.5. The molecule has 0 bridgehead atoms. The smallest absolute Gasteiger partial charge is 0.122 e. The van der Waals surface area contributed by atoms with Crippen molar-refractivity contribution in [2.24, 2.45) is 0 Å². The van der Waals surface area contributed by atoms with Gasteiger partial charge >= 0.3 is 0 Å². The van der Waals surface area contributed by atoms with Gasteiger partial charge in [-0.25, -0.2) is 0 Å². The highest BCUT2D eigenvalue weighted by Gasteiger charge is 2.15. The first kappa shape index (κ1) is 14.4. The molecule has 3 heteroatoms. The molecule has 1 unspecified atom stereocenters. The number of nitrogens with one attached hydrogen (secondary N) is 1. The molecule has 0 radical (unpaired) electrons. The topological polar surface area (TPSA) is 41.5 Å². The van der Waals surface area contributed by atoms with Gasteiger partial charge in [0.1, 0.15) is 5.75 Å². The maximum absolute atomic E-state index is 8.76. The van der Waals surface area contributed by atoms with Gasteiger partial charge in [-0.2, -0.15) is 0 Å². The average molecular weight is 263 g/mol. The normalized spacial score (nSPS) is 15.1. The van der Waals surface area contributed by atoms with Crippen molar-refractivity contribution in [3.63, 3.8) is 0 Å². The summed E-state index contributed by atoms with van der Waals surface area (Å²) < 4.78 is 5.55. The Bertz CT molecular complexity index is 392. The summed E-state index contributed by atoms with van der Waals surface area (Å²) in [5.74, 6) is 1.06. The Balaban J connectivity index is 1.86. The van der Waals surface area contributed by atoms with Crippen LogP contribution in [0.4, 0.5) is 0 Å². The molecular formula is C16H25NO2. The highest BCUT2D eigenvalue weighted by atomic mass is 16.5. The molecule has 0 spiro atoms. The van der Waals surface area contributed by atoms with Gasteiger partial charge in [-0.1, -0.05) is 19.1 Å². The fourth-order valence-corrected chi connectivity index (χ4v) is 2.61. The van der Waals surface area contributed by atoms with Crippen LogP contribution >= 0.6 is 0 Å². The SMILES string of the molecule is CCC(NCCCCCO)c1ccc2c(c1)CCO2. The highest BCUT2D eigenvalue weighted by Crippen LogP contribution is 2.29. The number of rotatable bonds is 8. The number of benzene rings is 1. The number of unbranched alkanes of at least 4 members (excludes halogenated alkanes) is 2. The molecule has 0 saturated heterocycles. The van der Waals surface area contributed by atoms with Crippen LogP contribution in [0.15, 0.2) is 18.2 Å². The minimum absolute atomic E-state index is 0.308. The van der Waals surface area contributed by atoms with E-state index in [0.29, 0.717) is 12.6 Å². The number of fused-ring (bicyclic) bond motifs is 1. The molecule has 1 aliphatic rings. The van der Waals surface area contributed by atoms with Crippen LogP contribution in [-0.4, -0.2) is 24.9 Å². The first-order valence-corrected chi connectivity index (χ1v) is 7.45. The molecule has 0 aromatic heterocycles. The quantitative estimate of drug-likeness (QED) is 0.709. The lowest BCUT2D eigenvalue weighted by Crippen LogP contribution is -2.22. The Morgan fingerprint density at radius 2 is 2.21 bits per heavy atom. The Morgan fingerprint density at radius 3 is 3.00 bits per heavy atom. The third kappa shape index (κ3) is 3.95. The summed E-state index contributed by atoms with van der Waals surface area (Å²) in [4.78, 5) is 0. The number of hydrogen-bond donors (Lipinski definition) is 2. The molecule has 1 aliphatic heterocycles. The lowest BCUT2D eigenvalue weighted by Gasteiger charge is -2.18. The van der Waals surface area contributed by atoms with Crippen LogP contribution in [0.25, 0.3) is 0 Å². The van der Waals surface area contributed by atoms with Crippen LogP contribution in [0, 0.1) is 0 Å². The van der Waals surface area contributed by atoms with Gasteiger partial charge in [-0.3, -0.25) is 0 Å². The molecule has 2 N–H and O–H groups in total. The van der Waals surface area contributed by atoms with Gasteiger partial charge in [0.25, 0.3) is 0 Å². The van der Waals surface area contributed by atoms with Gasteiger partial charge in [0.15, 0.2) is 0 Å². The molecule has 1 atom stereocenters. The molecule has 0 fully saturated rings. The molecule has 106 valence electrons. The zero-order valence-corrected chi connectivity index (χ0v) is 11.8. The van der Waals surface area contributed by atoms with Crippen molar-refractivity contribution < 1.29 is 9.84 Å². The van der Waals surface area contributed by atoms with E-state index in [-0.39, 0.29) is 0 Å². The van der Waals surface area contributed by atoms with Crippen molar-refractivity contribution >= 4 is 0 Å². The van der Waals surface area contributed by atoms with E-state index in [2.05, 4.69) is 30.4 Å². The van der Waals surface area contributed by atoms with Crippen LogP contribution in [-0.2, 0) is 6.42 Å². The number of hydrogen-bond acceptors (Lipinski definition) is 3. The third-order valence-electron chi connectivity index (χ3n) is 3.75. The maximum Gasteiger partial charge on any atom is 0.122 e. The second kappa shape index (κ2) is 7.51. The third-order valence-corrected chi connectivity index (χ3v) is 3.75. The van der Waals surface area contributed by atoms with Crippen LogP contribution < -0.4 is 10.1 Å². The lowest BCUT2D eigenvalue weighted by atomic mass is 10.0. The van der Waals surface area contributed by atoms with Gasteiger partial charge in [0.2, 0.25) is 0 Å². The largest absolute Gasteiger partial charge is 0.493 e. The molecule has 19 heavy (non-hydrogen) atoms. The Kier molecular flexibility index (Phi) is 5.67. The Labute approximate surface area is 116 Å². The molecular weight excluding hydrogens is 238 g/mol. The van der Waals surface area contributed by atoms with E-state index < -0.39 is 0 Å². The summed E-state index contributed by atoms with van der Waals surface area (Å²) in [6.07, 6.45) is 5.27. The molecule has 0 saturated carbocycles. The lowest BCUT2D eigenvalue weighted by molar-refractivity contribution is 0.282. The fraction of sp³-hybridized carbons (Fsp3) is 0.625. The zero-order valence-electron chi connectivity index (χ0n) is 11.8. The minimum Gasteiger partial charge on any atom is -0.493 e. The van der Waals surface area contributed by atoms with Crippen molar-refractivity contribution in [1.29, 1.82) is 0 Å². The standard InChI is InChI=1S/C16H25NO2/c1-2-15(17-9-4-3-5-10-18)13-6-7-16-14(12-13)8-11-19-16/h6-7,12,15,17-18H,2-5,8-11H2,1H3. The second-order valence-corrected chi connectivity index (χ2v) is 5.16. The van der Waals surface area contributed by atoms with E-state index in [4.69, 9.17) is 9.84 Å². The summed E-state index contributed by atoms with van der Waals surface area (Å²) in [5, 5.41) is 12.4. The summed E-state index contributed by atoms with van der Waals surface area (Å²) in [7, 11) is 0. The number of ether oxygens (including phenoxy) is 1. The van der Waals surface area contributed by atoms with E-state index in [0.717, 1.165) is 51.0 Å². The van der Waals surface area contributed by atoms with Gasteiger partial charge in [-0.15, -0.1) is 0 Å². The van der Waals surface area contributed by atoms with Crippen LogP contribution in [0.1, 0.15) is 49.8 Å². The molecule has 1 aromatic carbocycles. The summed E-state index contributed by atoms with van der Waals surface area (Å²) in [6, 6.07) is 7.00. The van der Waals surface area contributed by atoms with Gasteiger partial charge < -0.3 is 15.2 Å². The van der Waals surface area contributed by atoms with Crippen LogP contribution in [0.3, 0.4) is 0 Å². The van der Waals surface area contributed by atoms with Crippen molar-refractivity contribution in [3.05, 3.63) is 29.3 Å². The van der Waals surface area contributed by atoms with Crippen molar-refractivity contribution in [2.45, 2.75) is 45.1 Å². The first-order valence-electron chi connectivity index (χ1n) is 7.45. The number of aliphatic hydroxyl groups is 1. The van der Waals surface area contributed by atoms with Crippen LogP contribution in [0.2, 0.25) is 0 Å². The van der Waals surface area contributed by atoms with E-state index in [1.54, 1.807) is 0 Å². The molecule has 1 aromatic rings. The monoisotopic (exact) mass is 263 g/mol. The maximum atomic E-state index is 8.76. The Morgan fingerprint density at radius 1 is 1.32 bits per heavy atom. The minimum atomic E-state index is 0.308. The highest BCUT2D eigenvalue weighted by molar-refractivity contribution is 5.40. The molecule has 0 amide bonds. The summed E-state index contributed by atoms with van der Waals surface area (Å²) >= 11 is 0. The van der Waals surface area contributed by atoms with Crippen LogP contribution in [0.5, 0.6) is 5.75 Å². The van der Waals surface area contributed by atoms with E-state index in [9.17, 15) is 0 Å². The summed E-state index contributed by atoms with van der Waals surface area (Å²) in [6.45, 7) is 4.37. The number of aliphatic hydroxyl groups excluding tert-OH is 1. The van der Waals surface area contributed by atoms with Crippen molar-refractivity contribution in [1.82, 2.24) is 5.32 Å².